The Bertz CT molecular complexity index is 749. The van der Waals surface area contributed by atoms with E-state index in [1.807, 2.05) is 42.8 Å². The molecule has 5 nitrogen and oxygen atoms in total. The summed E-state index contributed by atoms with van der Waals surface area (Å²) in [5.74, 6) is 0.855. The van der Waals surface area contributed by atoms with Crippen LogP contribution < -0.4 is 4.74 Å². The van der Waals surface area contributed by atoms with Crippen LogP contribution in [0.25, 0.3) is 0 Å². The molecule has 1 amide bonds. The van der Waals surface area contributed by atoms with Gasteiger partial charge in [-0.15, -0.1) is 0 Å². The molecule has 0 N–H and O–H groups in total. The molecule has 0 unspecified atom stereocenters. The van der Waals surface area contributed by atoms with E-state index in [0.29, 0.717) is 13.1 Å². The van der Waals surface area contributed by atoms with E-state index in [4.69, 9.17) is 4.74 Å². The number of aryl methyl sites for hydroxylation is 3. The second kappa shape index (κ2) is 6.07. The lowest BCUT2D eigenvalue weighted by Gasteiger charge is -2.27. The summed E-state index contributed by atoms with van der Waals surface area (Å²) in [4.78, 5) is 18.7. The molecule has 0 atom stereocenters. The first-order valence-electron chi connectivity index (χ1n) is 7.94. The molecular weight excluding hydrogens is 290 g/mol. The highest BCUT2D eigenvalue weighted by Crippen LogP contribution is 2.26. The van der Waals surface area contributed by atoms with Crippen LogP contribution in [0.3, 0.4) is 0 Å². The zero-order chi connectivity index (χ0) is 16.6. The molecule has 0 fully saturated rings. The predicted molar refractivity (Wildman–Crippen MR) is 88.5 cm³/mol. The zero-order valence-corrected chi connectivity index (χ0v) is 14.2. The second-order valence-electron chi connectivity index (χ2n) is 6.26. The lowest BCUT2D eigenvalue weighted by Crippen LogP contribution is -2.39. The smallest absolute Gasteiger partial charge is 0.260 e. The van der Waals surface area contributed by atoms with Gasteiger partial charge in [0.15, 0.2) is 6.61 Å². The van der Waals surface area contributed by atoms with Crippen molar-refractivity contribution in [3.05, 3.63) is 46.5 Å². The fraction of sp³-hybridized carbons (Fsp3) is 0.444. The summed E-state index contributed by atoms with van der Waals surface area (Å²) in [7, 11) is 1.97. The molecule has 23 heavy (non-hydrogen) atoms. The average Bonchev–Trinajstić information content (AvgIpc) is 2.91. The van der Waals surface area contributed by atoms with Gasteiger partial charge in [-0.05, 0) is 37.5 Å². The van der Waals surface area contributed by atoms with Crippen LogP contribution in [-0.2, 0) is 24.8 Å². The standard InChI is InChI=1S/C18H23N3O2/c1-12-5-6-13(2)18(14(12)3)23-10-17(22)21-8-7-15-16(9-21)20(4)11-19-15/h5-6,11H,7-10H2,1-4H3. The van der Waals surface area contributed by atoms with E-state index >= 15 is 0 Å². The third-order valence-corrected chi connectivity index (χ3v) is 4.67. The Kier molecular flexibility index (Phi) is 4.11. The van der Waals surface area contributed by atoms with Crippen molar-refractivity contribution in [1.29, 1.82) is 0 Å². The normalized spacial score (nSPS) is 13.8. The van der Waals surface area contributed by atoms with Gasteiger partial charge in [0.05, 0.1) is 24.3 Å². The van der Waals surface area contributed by atoms with Crippen LogP contribution in [0.4, 0.5) is 0 Å². The SMILES string of the molecule is Cc1ccc(C)c(OCC(=O)N2CCc3ncn(C)c3C2)c1C. The highest BCUT2D eigenvalue weighted by molar-refractivity contribution is 5.78. The number of amides is 1. The van der Waals surface area contributed by atoms with Gasteiger partial charge in [0.1, 0.15) is 5.75 Å². The van der Waals surface area contributed by atoms with Gasteiger partial charge in [-0.25, -0.2) is 4.98 Å². The highest BCUT2D eigenvalue weighted by atomic mass is 16.5. The van der Waals surface area contributed by atoms with Gasteiger partial charge in [-0.3, -0.25) is 4.79 Å². The fourth-order valence-electron chi connectivity index (χ4n) is 3.00. The Morgan fingerprint density at radius 1 is 1.26 bits per heavy atom. The van der Waals surface area contributed by atoms with Crippen molar-refractivity contribution in [2.45, 2.75) is 33.7 Å². The number of imidazole rings is 1. The number of hydrogen-bond acceptors (Lipinski definition) is 3. The Balaban J connectivity index is 1.67. The Labute approximate surface area is 136 Å². The van der Waals surface area contributed by atoms with E-state index in [9.17, 15) is 4.79 Å². The van der Waals surface area contributed by atoms with Crippen molar-refractivity contribution >= 4 is 5.91 Å². The van der Waals surface area contributed by atoms with Crippen LogP contribution in [0.15, 0.2) is 18.5 Å². The minimum atomic E-state index is 0.0251. The van der Waals surface area contributed by atoms with Gasteiger partial charge in [-0.1, -0.05) is 12.1 Å². The number of hydrogen-bond donors (Lipinski definition) is 0. The molecular formula is C18H23N3O2. The molecule has 5 heteroatoms. The molecule has 122 valence electrons. The maximum Gasteiger partial charge on any atom is 0.260 e. The van der Waals surface area contributed by atoms with Crippen molar-refractivity contribution in [2.24, 2.45) is 7.05 Å². The topological polar surface area (TPSA) is 47.4 Å². The number of carbonyl (C=O) groups excluding carboxylic acids is 1. The molecule has 0 saturated carbocycles. The Morgan fingerprint density at radius 3 is 2.78 bits per heavy atom. The van der Waals surface area contributed by atoms with Crippen LogP contribution in [0.5, 0.6) is 5.75 Å². The van der Waals surface area contributed by atoms with Crippen LogP contribution in [0.1, 0.15) is 28.1 Å². The number of fused-ring (bicyclic) bond motifs is 1. The summed E-state index contributed by atoms with van der Waals surface area (Å²) in [6.07, 6.45) is 2.62. The largest absolute Gasteiger partial charge is 0.483 e. The minimum Gasteiger partial charge on any atom is -0.483 e. The minimum absolute atomic E-state index is 0.0251. The van der Waals surface area contributed by atoms with Gasteiger partial charge in [0, 0.05) is 20.0 Å². The molecule has 0 bridgehead atoms. The first-order chi connectivity index (χ1) is 11.0. The Morgan fingerprint density at radius 2 is 2.00 bits per heavy atom. The first kappa shape index (κ1) is 15.6. The molecule has 0 aliphatic carbocycles. The average molecular weight is 313 g/mol. The van der Waals surface area contributed by atoms with E-state index in [1.165, 1.54) is 5.56 Å². The van der Waals surface area contributed by atoms with Crippen molar-refractivity contribution < 1.29 is 9.53 Å². The maximum absolute atomic E-state index is 12.5. The summed E-state index contributed by atoms with van der Waals surface area (Å²) < 4.78 is 7.84. The van der Waals surface area contributed by atoms with Crippen molar-refractivity contribution in [3.8, 4) is 5.75 Å². The number of aromatic nitrogens is 2. The third-order valence-electron chi connectivity index (χ3n) is 4.67. The van der Waals surface area contributed by atoms with Gasteiger partial charge in [0.2, 0.25) is 0 Å². The summed E-state index contributed by atoms with van der Waals surface area (Å²) in [5.41, 5.74) is 5.56. The van der Waals surface area contributed by atoms with Crippen LogP contribution in [0.2, 0.25) is 0 Å². The van der Waals surface area contributed by atoms with Gasteiger partial charge < -0.3 is 14.2 Å². The number of rotatable bonds is 3. The first-order valence-corrected chi connectivity index (χ1v) is 7.94. The summed E-state index contributed by atoms with van der Waals surface area (Å²) in [6.45, 7) is 7.49. The quantitative estimate of drug-likeness (QED) is 0.873. The summed E-state index contributed by atoms with van der Waals surface area (Å²) >= 11 is 0. The van der Waals surface area contributed by atoms with E-state index in [2.05, 4.69) is 18.0 Å². The second-order valence-corrected chi connectivity index (χ2v) is 6.26. The summed E-state index contributed by atoms with van der Waals surface area (Å²) in [6, 6.07) is 4.11. The predicted octanol–water partition coefficient (Wildman–Crippen LogP) is 2.31. The van der Waals surface area contributed by atoms with Crippen molar-refractivity contribution in [3.63, 3.8) is 0 Å². The number of benzene rings is 1. The molecule has 1 aromatic carbocycles. The molecule has 0 saturated heterocycles. The van der Waals surface area contributed by atoms with Crippen molar-refractivity contribution in [2.75, 3.05) is 13.2 Å². The monoisotopic (exact) mass is 313 g/mol. The zero-order valence-electron chi connectivity index (χ0n) is 14.2. The number of nitrogens with zero attached hydrogens (tertiary/aromatic N) is 3. The van der Waals surface area contributed by atoms with E-state index < -0.39 is 0 Å². The maximum atomic E-state index is 12.5. The van der Waals surface area contributed by atoms with Crippen LogP contribution in [-0.4, -0.2) is 33.5 Å². The van der Waals surface area contributed by atoms with Crippen LogP contribution >= 0.6 is 0 Å². The van der Waals surface area contributed by atoms with E-state index in [1.54, 1.807) is 0 Å². The molecule has 1 aliphatic heterocycles. The van der Waals surface area contributed by atoms with Crippen molar-refractivity contribution in [1.82, 2.24) is 14.5 Å². The molecule has 3 rings (SSSR count). The lowest BCUT2D eigenvalue weighted by atomic mass is 10.1. The summed E-state index contributed by atoms with van der Waals surface area (Å²) in [5, 5.41) is 0. The molecule has 2 heterocycles. The number of carbonyl (C=O) groups is 1. The highest BCUT2D eigenvalue weighted by Gasteiger charge is 2.24. The fourth-order valence-corrected chi connectivity index (χ4v) is 3.00. The van der Waals surface area contributed by atoms with E-state index in [-0.39, 0.29) is 12.5 Å². The Hall–Kier alpha value is -2.30. The van der Waals surface area contributed by atoms with Crippen LogP contribution in [0, 0.1) is 20.8 Å². The van der Waals surface area contributed by atoms with Gasteiger partial charge in [0.25, 0.3) is 5.91 Å². The number of ether oxygens (including phenoxy) is 1. The molecule has 0 spiro atoms. The molecule has 0 radical (unpaired) electrons. The molecule has 1 aliphatic rings. The molecule has 2 aromatic rings. The third kappa shape index (κ3) is 2.96. The van der Waals surface area contributed by atoms with E-state index in [0.717, 1.165) is 34.7 Å². The molecule has 1 aromatic heterocycles. The van der Waals surface area contributed by atoms with Gasteiger partial charge >= 0.3 is 0 Å². The van der Waals surface area contributed by atoms with Gasteiger partial charge in [-0.2, -0.15) is 0 Å². The lowest BCUT2D eigenvalue weighted by molar-refractivity contribution is -0.134.